The molecule has 0 aliphatic heterocycles. The minimum absolute atomic E-state index is 0.106. The van der Waals surface area contributed by atoms with Gasteiger partial charge in [-0.05, 0) is 23.6 Å². The van der Waals surface area contributed by atoms with Crippen LogP contribution in [0.3, 0.4) is 0 Å². The van der Waals surface area contributed by atoms with Gasteiger partial charge in [0.25, 0.3) is 0 Å². The molecule has 1 rings (SSSR count). The number of carbonyl (C=O) groups is 1. The van der Waals surface area contributed by atoms with Crippen LogP contribution in [-0.4, -0.2) is 11.1 Å². The zero-order valence-electron chi connectivity index (χ0n) is 9.75. The molecule has 0 saturated carbocycles. The summed E-state index contributed by atoms with van der Waals surface area (Å²) in [5.74, 6) is -2.45. The molecule has 6 heteroatoms. The van der Waals surface area contributed by atoms with Gasteiger partial charge in [0, 0.05) is 0 Å². The number of aliphatic carboxylic acids is 1. The average Bonchev–Trinajstić information content (AvgIpc) is 2.17. The maximum atomic E-state index is 12.7. The molecule has 0 bridgehead atoms. The van der Waals surface area contributed by atoms with Crippen LogP contribution in [0.4, 0.5) is 13.2 Å². The predicted molar refractivity (Wildman–Crippen MR) is 61.7 cm³/mol. The zero-order chi connectivity index (χ0) is 14.1. The van der Waals surface area contributed by atoms with Gasteiger partial charge in [0.1, 0.15) is 0 Å². The van der Waals surface area contributed by atoms with E-state index in [1.807, 2.05) is 0 Å². The summed E-state index contributed by atoms with van der Waals surface area (Å²) < 4.78 is 38.0. The molecular weight excluding hydrogens is 269 g/mol. The van der Waals surface area contributed by atoms with E-state index in [4.69, 9.17) is 16.7 Å². The van der Waals surface area contributed by atoms with E-state index >= 15 is 0 Å². The van der Waals surface area contributed by atoms with Gasteiger partial charge >= 0.3 is 12.1 Å². The van der Waals surface area contributed by atoms with E-state index in [1.54, 1.807) is 13.8 Å². The van der Waals surface area contributed by atoms with Gasteiger partial charge in [-0.15, -0.1) is 0 Å². The minimum atomic E-state index is -4.59. The second-order valence-corrected chi connectivity index (χ2v) is 4.70. The van der Waals surface area contributed by atoms with E-state index in [0.717, 1.165) is 12.1 Å². The largest absolute Gasteiger partial charge is 0.481 e. The predicted octanol–water partition coefficient (Wildman–Crippen LogP) is 4.18. The Morgan fingerprint density at radius 1 is 1.33 bits per heavy atom. The number of rotatable bonds is 3. The molecule has 100 valence electrons. The van der Waals surface area contributed by atoms with Crippen molar-refractivity contribution in [3.8, 4) is 0 Å². The van der Waals surface area contributed by atoms with Crippen LogP contribution < -0.4 is 0 Å². The van der Waals surface area contributed by atoms with Crippen molar-refractivity contribution in [2.45, 2.75) is 25.9 Å². The fraction of sp³-hybridized carbons (Fsp3) is 0.417. The molecule has 2 nitrogen and oxygen atoms in total. The molecule has 0 amide bonds. The fourth-order valence-electron chi connectivity index (χ4n) is 1.77. The molecule has 0 aliphatic carbocycles. The molecule has 1 aromatic rings. The van der Waals surface area contributed by atoms with Crippen molar-refractivity contribution in [3.05, 3.63) is 34.3 Å². The van der Waals surface area contributed by atoms with E-state index < -0.39 is 28.6 Å². The monoisotopic (exact) mass is 280 g/mol. The van der Waals surface area contributed by atoms with Crippen molar-refractivity contribution in [2.24, 2.45) is 5.92 Å². The Labute approximate surface area is 107 Å². The maximum Gasteiger partial charge on any atom is 0.417 e. The molecule has 1 atom stereocenters. The number of hydrogen-bond acceptors (Lipinski definition) is 1. The maximum absolute atomic E-state index is 12.7. The quantitative estimate of drug-likeness (QED) is 0.902. The van der Waals surface area contributed by atoms with Crippen molar-refractivity contribution in [1.29, 1.82) is 0 Å². The van der Waals surface area contributed by atoms with Gasteiger partial charge in [0.05, 0.1) is 16.5 Å². The van der Waals surface area contributed by atoms with Crippen LogP contribution in [0, 0.1) is 5.92 Å². The first-order chi connectivity index (χ1) is 8.14. The third-order valence-electron chi connectivity index (χ3n) is 2.59. The van der Waals surface area contributed by atoms with Crippen molar-refractivity contribution in [2.75, 3.05) is 0 Å². The molecule has 18 heavy (non-hydrogen) atoms. The van der Waals surface area contributed by atoms with Crippen LogP contribution in [0.1, 0.15) is 30.9 Å². The summed E-state index contributed by atoms with van der Waals surface area (Å²) in [7, 11) is 0. The Morgan fingerprint density at radius 2 is 1.89 bits per heavy atom. The smallest absolute Gasteiger partial charge is 0.417 e. The van der Waals surface area contributed by atoms with Crippen LogP contribution in [0.2, 0.25) is 5.02 Å². The van der Waals surface area contributed by atoms with Gasteiger partial charge < -0.3 is 5.11 Å². The molecule has 0 aliphatic rings. The van der Waals surface area contributed by atoms with Crippen LogP contribution in [-0.2, 0) is 11.0 Å². The molecule has 1 aromatic carbocycles. The number of carboxylic acid groups (broad SMARTS) is 1. The molecule has 0 radical (unpaired) electrons. The first-order valence-corrected chi connectivity index (χ1v) is 5.62. The van der Waals surface area contributed by atoms with E-state index in [1.165, 1.54) is 6.07 Å². The second-order valence-electron chi connectivity index (χ2n) is 4.30. The first-order valence-electron chi connectivity index (χ1n) is 5.24. The van der Waals surface area contributed by atoms with Gasteiger partial charge in [-0.25, -0.2) is 0 Å². The summed E-state index contributed by atoms with van der Waals surface area (Å²) >= 11 is 5.48. The summed E-state index contributed by atoms with van der Waals surface area (Å²) in [4.78, 5) is 11.1. The van der Waals surface area contributed by atoms with Gasteiger partial charge in [0.2, 0.25) is 0 Å². The Balaban J connectivity index is 3.31. The first kappa shape index (κ1) is 14.8. The molecule has 0 saturated heterocycles. The lowest BCUT2D eigenvalue weighted by molar-refractivity contribution is -0.141. The molecule has 0 heterocycles. The van der Waals surface area contributed by atoms with Crippen LogP contribution >= 0.6 is 11.6 Å². The second kappa shape index (κ2) is 5.18. The minimum Gasteiger partial charge on any atom is -0.481 e. The highest BCUT2D eigenvalue weighted by Gasteiger charge is 2.35. The third-order valence-corrected chi connectivity index (χ3v) is 2.92. The molecule has 0 fully saturated rings. The molecular formula is C12H12ClF3O2. The standard InChI is InChI=1S/C12H12ClF3O2/c1-6(2)10(11(17)18)7-3-4-9(13)8(5-7)12(14,15)16/h3-6,10H,1-2H3,(H,17,18). The van der Waals surface area contributed by atoms with E-state index in [-0.39, 0.29) is 11.5 Å². The lowest BCUT2D eigenvalue weighted by atomic mass is 9.88. The van der Waals surface area contributed by atoms with Crippen LogP contribution in [0.5, 0.6) is 0 Å². The average molecular weight is 281 g/mol. The lowest BCUT2D eigenvalue weighted by Crippen LogP contribution is -2.18. The van der Waals surface area contributed by atoms with E-state index in [2.05, 4.69) is 0 Å². The molecule has 1 unspecified atom stereocenters. The fourth-order valence-corrected chi connectivity index (χ4v) is 1.99. The van der Waals surface area contributed by atoms with Crippen molar-refractivity contribution >= 4 is 17.6 Å². The zero-order valence-corrected chi connectivity index (χ0v) is 10.5. The summed E-state index contributed by atoms with van der Waals surface area (Å²) in [5.41, 5.74) is -0.900. The Kier molecular flexibility index (Phi) is 4.27. The number of alkyl halides is 3. The van der Waals surface area contributed by atoms with E-state index in [0.29, 0.717) is 0 Å². The summed E-state index contributed by atoms with van der Waals surface area (Å²) in [6, 6.07) is 3.20. The number of carboxylic acids is 1. The Hall–Kier alpha value is -1.23. The highest BCUT2D eigenvalue weighted by Crippen LogP contribution is 2.37. The highest BCUT2D eigenvalue weighted by atomic mass is 35.5. The normalized spacial score (nSPS) is 13.7. The number of hydrogen-bond donors (Lipinski definition) is 1. The summed E-state index contributed by atoms with van der Waals surface area (Å²) in [6.45, 7) is 3.28. The van der Waals surface area contributed by atoms with Gasteiger partial charge in [0.15, 0.2) is 0 Å². The van der Waals surface area contributed by atoms with Crippen LogP contribution in [0.25, 0.3) is 0 Å². The number of benzene rings is 1. The van der Waals surface area contributed by atoms with Gasteiger partial charge in [-0.2, -0.15) is 13.2 Å². The Bertz CT molecular complexity index is 455. The van der Waals surface area contributed by atoms with Gasteiger partial charge in [-0.1, -0.05) is 31.5 Å². The highest BCUT2D eigenvalue weighted by molar-refractivity contribution is 6.31. The lowest BCUT2D eigenvalue weighted by Gasteiger charge is -2.18. The summed E-state index contributed by atoms with van der Waals surface area (Å²) in [6.07, 6.45) is -4.59. The van der Waals surface area contributed by atoms with Crippen molar-refractivity contribution in [3.63, 3.8) is 0 Å². The van der Waals surface area contributed by atoms with E-state index in [9.17, 15) is 18.0 Å². The molecule has 0 aromatic heterocycles. The molecule has 1 N–H and O–H groups in total. The Morgan fingerprint density at radius 3 is 2.28 bits per heavy atom. The van der Waals surface area contributed by atoms with Gasteiger partial charge in [-0.3, -0.25) is 4.79 Å². The third kappa shape index (κ3) is 3.16. The van der Waals surface area contributed by atoms with Crippen molar-refractivity contribution in [1.82, 2.24) is 0 Å². The SMILES string of the molecule is CC(C)C(C(=O)O)c1ccc(Cl)c(C(F)(F)F)c1. The van der Waals surface area contributed by atoms with Crippen LogP contribution in [0.15, 0.2) is 18.2 Å². The summed E-state index contributed by atoms with van der Waals surface area (Å²) in [5, 5.41) is 8.61. The topological polar surface area (TPSA) is 37.3 Å². The number of halogens is 4. The van der Waals surface area contributed by atoms with Crippen molar-refractivity contribution < 1.29 is 23.1 Å². The molecule has 0 spiro atoms.